The van der Waals surface area contributed by atoms with Crippen LogP contribution in [-0.2, 0) is 13.0 Å². The van der Waals surface area contributed by atoms with Gasteiger partial charge >= 0.3 is 0 Å². The maximum atomic E-state index is 13.5. The van der Waals surface area contributed by atoms with Crippen LogP contribution in [0.3, 0.4) is 0 Å². The summed E-state index contributed by atoms with van der Waals surface area (Å²) in [6, 6.07) is 6.56. The molecule has 0 aliphatic heterocycles. The molecule has 0 radical (unpaired) electrons. The Balaban J connectivity index is 2.04. The Morgan fingerprint density at radius 2 is 2.19 bits per heavy atom. The lowest BCUT2D eigenvalue weighted by Crippen LogP contribution is -2.24. The van der Waals surface area contributed by atoms with Gasteiger partial charge in [0.25, 0.3) is 5.56 Å². The van der Waals surface area contributed by atoms with Crippen molar-refractivity contribution in [1.29, 1.82) is 0 Å². The minimum absolute atomic E-state index is 0.0698. The largest absolute Gasteiger partial charge is 0.382 e. The van der Waals surface area contributed by atoms with Gasteiger partial charge < -0.3 is 5.32 Å². The molecule has 0 unspecified atom stereocenters. The van der Waals surface area contributed by atoms with E-state index in [-0.39, 0.29) is 16.4 Å². The Labute approximate surface area is 126 Å². The van der Waals surface area contributed by atoms with Crippen LogP contribution in [0.4, 0.5) is 10.1 Å². The second-order valence-electron chi connectivity index (χ2n) is 4.42. The number of halogens is 2. The smallest absolute Gasteiger partial charge is 0.287 e. The quantitative estimate of drug-likeness (QED) is 0.835. The van der Waals surface area contributed by atoms with E-state index in [0.717, 1.165) is 0 Å². The molecule has 110 valence electrons. The van der Waals surface area contributed by atoms with Crippen LogP contribution in [0.1, 0.15) is 5.56 Å². The second-order valence-corrected chi connectivity index (χ2v) is 4.79. The number of nitrogens with one attached hydrogen (secondary N) is 1. The van der Waals surface area contributed by atoms with Crippen molar-refractivity contribution in [3.05, 3.63) is 69.9 Å². The van der Waals surface area contributed by atoms with E-state index >= 15 is 0 Å². The first-order valence-corrected chi connectivity index (χ1v) is 6.85. The van der Waals surface area contributed by atoms with Crippen molar-refractivity contribution in [2.24, 2.45) is 0 Å². The van der Waals surface area contributed by atoms with Crippen LogP contribution in [0.15, 0.2) is 47.9 Å². The van der Waals surface area contributed by atoms with E-state index in [4.69, 9.17) is 11.6 Å². The average Bonchev–Trinajstić information content (AvgIpc) is 2.48. The van der Waals surface area contributed by atoms with Crippen LogP contribution < -0.4 is 10.9 Å². The Morgan fingerprint density at radius 1 is 1.43 bits per heavy atom. The number of hydrogen-bond donors (Lipinski definition) is 1. The standard InChI is InChI=1S/C15H15ClFN3O/c1-2-9-20-15(21)14(16)13(10-19-20)18-8-7-11-5-3-4-6-12(11)17/h2-6,10,18H,1,7-9H2. The molecule has 0 bridgehead atoms. The lowest BCUT2D eigenvalue weighted by molar-refractivity contribution is 0.610. The summed E-state index contributed by atoms with van der Waals surface area (Å²) in [4.78, 5) is 11.9. The third-order valence-electron chi connectivity index (χ3n) is 2.95. The van der Waals surface area contributed by atoms with Gasteiger partial charge in [0.15, 0.2) is 0 Å². The van der Waals surface area contributed by atoms with Gasteiger partial charge in [-0.3, -0.25) is 4.79 Å². The first-order chi connectivity index (χ1) is 10.1. The number of benzene rings is 1. The lowest BCUT2D eigenvalue weighted by atomic mass is 10.1. The van der Waals surface area contributed by atoms with Crippen LogP contribution in [0, 0.1) is 5.82 Å². The molecule has 0 fully saturated rings. The summed E-state index contributed by atoms with van der Waals surface area (Å²) in [7, 11) is 0. The molecular weight excluding hydrogens is 293 g/mol. The highest BCUT2D eigenvalue weighted by atomic mass is 35.5. The van der Waals surface area contributed by atoms with Gasteiger partial charge in [-0.05, 0) is 18.1 Å². The average molecular weight is 308 g/mol. The van der Waals surface area contributed by atoms with Crippen molar-refractivity contribution >= 4 is 17.3 Å². The zero-order valence-corrected chi connectivity index (χ0v) is 12.1. The van der Waals surface area contributed by atoms with Gasteiger partial charge in [0.05, 0.1) is 18.4 Å². The highest BCUT2D eigenvalue weighted by Gasteiger charge is 2.08. The van der Waals surface area contributed by atoms with Crippen LogP contribution in [-0.4, -0.2) is 16.3 Å². The highest BCUT2D eigenvalue weighted by molar-refractivity contribution is 6.32. The summed E-state index contributed by atoms with van der Waals surface area (Å²) in [6.45, 7) is 4.30. The molecule has 0 saturated carbocycles. The van der Waals surface area contributed by atoms with Crippen LogP contribution in [0.2, 0.25) is 5.02 Å². The van der Waals surface area contributed by atoms with E-state index in [1.165, 1.54) is 16.9 Å². The molecule has 0 aliphatic carbocycles. The maximum absolute atomic E-state index is 13.5. The number of allylic oxidation sites excluding steroid dienone is 1. The number of nitrogens with zero attached hydrogens (tertiary/aromatic N) is 2. The lowest BCUT2D eigenvalue weighted by Gasteiger charge is -2.09. The fourth-order valence-corrected chi connectivity index (χ4v) is 2.09. The second kappa shape index (κ2) is 7.04. The Hall–Kier alpha value is -2.14. The first kappa shape index (κ1) is 15.3. The van der Waals surface area contributed by atoms with E-state index in [0.29, 0.717) is 30.8 Å². The Bertz CT molecular complexity index is 700. The maximum Gasteiger partial charge on any atom is 0.287 e. The first-order valence-electron chi connectivity index (χ1n) is 6.47. The summed E-state index contributed by atoms with van der Waals surface area (Å²) in [6.07, 6.45) is 3.53. The minimum Gasteiger partial charge on any atom is -0.382 e. The van der Waals surface area contributed by atoms with E-state index in [9.17, 15) is 9.18 Å². The van der Waals surface area contributed by atoms with Gasteiger partial charge in [-0.1, -0.05) is 35.9 Å². The number of rotatable bonds is 6. The monoisotopic (exact) mass is 307 g/mol. The fourth-order valence-electron chi connectivity index (χ4n) is 1.87. The van der Waals surface area contributed by atoms with Crippen molar-refractivity contribution in [3.8, 4) is 0 Å². The van der Waals surface area contributed by atoms with Gasteiger partial charge in [0.2, 0.25) is 0 Å². The summed E-state index contributed by atoms with van der Waals surface area (Å²) < 4.78 is 14.7. The van der Waals surface area contributed by atoms with Crippen molar-refractivity contribution in [3.63, 3.8) is 0 Å². The topological polar surface area (TPSA) is 46.9 Å². The van der Waals surface area contributed by atoms with Gasteiger partial charge in [-0.2, -0.15) is 5.10 Å². The van der Waals surface area contributed by atoms with Crippen molar-refractivity contribution in [2.45, 2.75) is 13.0 Å². The summed E-state index contributed by atoms with van der Waals surface area (Å²) in [5.41, 5.74) is 0.667. The van der Waals surface area contributed by atoms with E-state index < -0.39 is 0 Å². The van der Waals surface area contributed by atoms with Crippen LogP contribution in [0.25, 0.3) is 0 Å². The molecule has 0 saturated heterocycles. The molecule has 0 aliphatic rings. The fraction of sp³-hybridized carbons (Fsp3) is 0.200. The third-order valence-corrected chi connectivity index (χ3v) is 3.32. The number of aromatic nitrogens is 2. The van der Waals surface area contributed by atoms with Crippen molar-refractivity contribution in [2.75, 3.05) is 11.9 Å². The van der Waals surface area contributed by atoms with Crippen LogP contribution in [0.5, 0.6) is 0 Å². The molecule has 21 heavy (non-hydrogen) atoms. The molecule has 1 N–H and O–H groups in total. The number of anilines is 1. The molecule has 0 amide bonds. The molecule has 6 heteroatoms. The molecular formula is C15H15ClFN3O. The minimum atomic E-state index is -0.382. The predicted octanol–water partition coefficient (Wildman–Crippen LogP) is 2.88. The van der Waals surface area contributed by atoms with Crippen molar-refractivity contribution < 1.29 is 4.39 Å². The zero-order valence-electron chi connectivity index (χ0n) is 11.4. The molecule has 4 nitrogen and oxygen atoms in total. The Kier molecular flexibility index (Phi) is 5.11. The van der Waals surface area contributed by atoms with Gasteiger partial charge in [-0.25, -0.2) is 9.07 Å². The predicted molar refractivity (Wildman–Crippen MR) is 82.3 cm³/mol. The normalized spacial score (nSPS) is 10.4. The SMILES string of the molecule is C=CCn1ncc(NCCc2ccccc2F)c(Cl)c1=O. The molecule has 1 heterocycles. The molecule has 0 spiro atoms. The third kappa shape index (κ3) is 3.70. The summed E-state index contributed by atoms with van der Waals surface area (Å²) in [5, 5.41) is 7.05. The Morgan fingerprint density at radius 3 is 2.90 bits per heavy atom. The number of hydrogen-bond acceptors (Lipinski definition) is 3. The molecule has 1 aromatic heterocycles. The van der Waals surface area contributed by atoms with Crippen LogP contribution >= 0.6 is 11.6 Å². The molecule has 2 rings (SSSR count). The van der Waals surface area contributed by atoms with E-state index in [1.807, 2.05) is 0 Å². The van der Waals surface area contributed by atoms with E-state index in [1.54, 1.807) is 24.3 Å². The van der Waals surface area contributed by atoms with Gasteiger partial charge in [-0.15, -0.1) is 6.58 Å². The van der Waals surface area contributed by atoms with E-state index in [2.05, 4.69) is 17.0 Å². The molecule has 0 atom stereocenters. The molecule has 1 aromatic carbocycles. The summed E-state index contributed by atoms with van der Waals surface area (Å²) >= 11 is 6.00. The highest BCUT2D eigenvalue weighted by Crippen LogP contribution is 2.15. The van der Waals surface area contributed by atoms with Gasteiger partial charge in [0, 0.05) is 6.54 Å². The molecule has 2 aromatic rings. The summed E-state index contributed by atoms with van der Waals surface area (Å²) in [5.74, 6) is -0.245. The van der Waals surface area contributed by atoms with Gasteiger partial charge in [0.1, 0.15) is 10.8 Å². The zero-order chi connectivity index (χ0) is 15.2. The van der Waals surface area contributed by atoms with Crippen molar-refractivity contribution in [1.82, 2.24) is 9.78 Å².